The van der Waals surface area contributed by atoms with E-state index in [1.165, 1.54) is 19.3 Å². The highest BCUT2D eigenvalue weighted by atomic mass is 16.7. The molecule has 1 aliphatic heterocycles. The molecular formula is C20H17N5O4. The first kappa shape index (κ1) is 18.2. The number of hydrogen-bond donors (Lipinski definition) is 3. The Kier molecular flexibility index (Phi) is 4.93. The van der Waals surface area contributed by atoms with Crippen molar-refractivity contribution >= 4 is 34.7 Å². The number of nitrogens with one attached hydrogen (secondary N) is 3. The molecule has 0 bridgehead atoms. The average molecular weight is 391 g/mol. The van der Waals surface area contributed by atoms with Crippen LogP contribution in [0.2, 0.25) is 0 Å². The first-order valence-corrected chi connectivity index (χ1v) is 8.74. The molecule has 0 radical (unpaired) electrons. The number of anilines is 4. The lowest BCUT2D eigenvalue weighted by Gasteiger charge is -2.08. The normalized spacial score (nSPS) is 11.6. The lowest BCUT2D eigenvalue weighted by atomic mass is 10.2. The van der Waals surface area contributed by atoms with E-state index in [2.05, 4.69) is 25.9 Å². The van der Waals surface area contributed by atoms with Crippen LogP contribution in [0, 0.1) is 0 Å². The minimum absolute atomic E-state index is 0.161. The number of ether oxygens (including phenoxy) is 2. The van der Waals surface area contributed by atoms with Crippen LogP contribution in [0.15, 0.2) is 54.9 Å². The fourth-order valence-electron chi connectivity index (χ4n) is 2.67. The molecule has 2 amide bonds. The van der Waals surface area contributed by atoms with Crippen molar-refractivity contribution in [3.05, 3.63) is 60.6 Å². The van der Waals surface area contributed by atoms with Gasteiger partial charge in [0.2, 0.25) is 12.7 Å². The van der Waals surface area contributed by atoms with Crippen LogP contribution in [-0.4, -0.2) is 28.6 Å². The third-order valence-corrected chi connectivity index (χ3v) is 3.99. The Labute approximate surface area is 166 Å². The van der Waals surface area contributed by atoms with Gasteiger partial charge in [-0.05, 0) is 36.4 Å². The highest BCUT2D eigenvalue weighted by Gasteiger charge is 2.14. The molecule has 3 aromatic rings. The van der Waals surface area contributed by atoms with Gasteiger partial charge in [-0.15, -0.1) is 0 Å². The molecule has 9 nitrogen and oxygen atoms in total. The predicted molar refractivity (Wildman–Crippen MR) is 107 cm³/mol. The fourth-order valence-corrected chi connectivity index (χ4v) is 2.67. The van der Waals surface area contributed by atoms with Gasteiger partial charge in [-0.1, -0.05) is 0 Å². The Morgan fingerprint density at radius 3 is 2.24 bits per heavy atom. The summed E-state index contributed by atoms with van der Waals surface area (Å²) in [5, 5.41) is 8.49. The van der Waals surface area contributed by atoms with E-state index in [-0.39, 0.29) is 24.3 Å². The molecule has 0 saturated heterocycles. The molecule has 0 unspecified atom stereocenters. The SMILES string of the molecule is CC(=O)Nc1ccc(NC(=O)c2cnc(Nc3ccc4c(c3)OCO4)cn2)cc1. The molecule has 9 heteroatoms. The van der Waals surface area contributed by atoms with Gasteiger partial charge in [0.05, 0.1) is 12.4 Å². The molecule has 1 aromatic heterocycles. The van der Waals surface area contributed by atoms with Gasteiger partial charge in [0.25, 0.3) is 5.91 Å². The number of rotatable bonds is 5. The number of nitrogens with zero attached hydrogens (tertiary/aromatic N) is 2. The lowest BCUT2D eigenvalue weighted by molar-refractivity contribution is -0.114. The molecule has 3 N–H and O–H groups in total. The second-order valence-electron chi connectivity index (χ2n) is 6.19. The van der Waals surface area contributed by atoms with Gasteiger partial charge in [0.15, 0.2) is 11.5 Å². The van der Waals surface area contributed by atoms with Crippen LogP contribution in [0.3, 0.4) is 0 Å². The van der Waals surface area contributed by atoms with Gasteiger partial charge in [-0.2, -0.15) is 0 Å². The smallest absolute Gasteiger partial charge is 0.275 e. The summed E-state index contributed by atoms with van der Waals surface area (Å²) in [6.07, 6.45) is 2.86. The van der Waals surface area contributed by atoms with Gasteiger partial charge in [0.1, 0.15) is 11.5 Å². The topological polar surface area (TPSA) is 114 Å². The van der Waals surface area contributed by atoms with Crippen LogP contribution in [0.4, 0.5) is 22.9 Å². The lowest BCUT2D eigenvalue weighted by Crippen LogP contribution is -2.14. The summed E-state index contributed by atoms with van der Waals surface area (Å²) in [5.74, 6) is 1.29. The summed E-state index contributed by atoms with van der Waals surface area (Å²) in [4.78, 5) is 31.8. The molecule has 0 fully saturated rings. The van der Waals surface area contributed by atoms with Gasteiger partial charge < -0.3 is 25.4 Å². The number of hydrogen-bond acceptors (Lipinski definition) is 7. The second-order valence-corrected chi connectivity index (χ2v) is 6.19. The van der Waals surface area contributed by atoms with Gasteiger partial charge >= 0.3 is 0 Å². The van der Waals surface area contributed by atoms with Crippen molar-refractivity contribution in [3.63, 3.8) is 0 Å². The quantitative estimate of drug-likeness (QED) is 0.612. The van der Waals surface area contributed by atoms with Crippen LogP contribution in [0.5, 0.6) is 11.5 Å². The molecule has 0 saturated carbocycles. The molecule has 4 rings (SSSR count). The summed E-state index contributed by atoms with van der Waals surface area (Å²) in [5.41, 5.74) is 2.16. The molecule has 2 heterocycles. The molecule has 2 aromatic carbocycles. The molecule has 146 valence electrons. The standard InChI is InChI=1S/C20H17N5O4/c1-12(26)23-13-2-4-14(5-3-13)25-20(27)16-9-22-19(10-21-16)24-15-6-7-17-18(8-15)29-11-28-17/h2-10H,11H2,1H3,(H,22,24)(H,23,26)(H,25,27). The first-order valence-electron chi connectivity index (χ1n) is 8.74. The summed E-state index contributed by atoms with van der Waals surface area (Å²) in [6.45, 7) is 1.64. The Morgan fingerprint density at radius 2 is 1.55 bits per heavy atom. The maximum absolute atomic E-state index is 12.3. The second kappa shape index (κ2) is 7.85. The van der Waals surface area contributed by atoms with Crippen LogP contribution < -0.4 is 25.4 Å². The maximum atomic E-state index is 12.3. The van der Waals surface area contributed by atoms with Gasteiger partial charge in [-0.3, -0.25) is 9.59 Å². The molecule has 0 atom stereocenters. The van der Waals surface area contributed by atoms with E-state index in [9.17, 15) is 9.59 Å². The number of fused-ring (bicyclic) bond motifs is 1. The van der Waals surface area contributed by atoms with E-state index in [1.54, 1.807) is 36.4 Å². The number of aromatic nitrogens is 2. The minimum Gasteiger partial charge on any atom is -0.454 e. The van der Waals surface area contributed by atoms with Crippen molar-refractivity contribution < 1.29 is 19.1 Å². The van der Waals surface area contributed by atoms with Crippen LogP contribution in [-0.2, 0) is 4.79 Å². The zero-order valence-corrected chi connectivity index (χ0v) is 15.4. The van der Waals surface area contributed by atoms with E-state index in [4.69, 9.17) is 9.47 Å². The number of amides is 2. The van der Waals surface area contributed by atoms with Crippen molar-refractivity contribution in [1.29, 1.82) is 0 Å². The summed E-state index contributed by atoms with van der Waals surface area (Å²) in [7, 11) is 0. The Balaban J connectivity index is 1.38. The number of carbonyl (C=O) groups excluding carboxylic acids is 2. The molecule has 0 aliphatic carbocycles. The van der Waals surface area contributed by atoms with E-state index in [0.717, 1.165) is 5.69 Å². The first-order chi connectivity index (χ1) is 14.1. The van der Waals surface area contributed by atoms with E-state index < -0.39 is 0 Å². The van der Waals surface area contributed by atoms with Crippen molar-refractivity contribution in [1.82, 2.24) is 9.97 Å². The molecule has 1 aliphatic rings. The zero-order valence-electron chi connectivity index (χ0n) is 15.4. The third kappa shape index (κ3) is 4.41. The number of carbonyl (C=O) groups is 2. The maximum Gasteiger partial charge on any atom is 0.275 e. The van der Waals surface area contributed by atoms with Crippen molar-refractivity contribution in [3.8, 4) is 11.5 Å². The van der Waals surface area contributed by atoms with Crippen molar-refractivity contribution in [2.24, 2.45) is 0 Å². The Morgan fingerprint density at radius 1 is 0.862 bits per heavy atom. The van der Waals surface area contributed by atoms with Gasteiger partial charge in [-0.25, -0.2) is 9.97 Å². The number of benzene rings is 2. The minimum atomic E-state index is -0.389. The van der Waals surface area contributed by atoms with E-state index in [0.29, 0.717) is 28.7 Å². The highest BCUT2D eigenvalue weighted by molar-refractivity contribution is 6.02. The monoisotopic (exact) mass is 391 g/mol. The molecule has 29 heavy (non-hydrogen) atoms. The third-order valence-electron chi connectivity index (χ3n) is 3.99. The Hall–Kier alpha value is -4.14. The predicted octanol–water partition coefficient (Wildman–Crippen LogP) is 3.16. The fraction of sp³-hybridized carbons (Fsp3) is 0.100. The van der Waals surface area contributed by atoms with E-state index in [1.807, 2.05) is 6.07 Å². The summed E-state index contributed by atoms with van der Waals surface area (Å²) in [6, 6.07) is 12.2. The summed E-state index contributed by atoms with van der Waals surface area (Å²) < 4.78 is 10.6. The van der Waals surface area contributed by atoms with Gasteiger partial charge in [0, 0.05) is 30.1 Å². The van der Waals surface area contributed by atoms with Crippen LogP contribution in [0.25, 0.3) is 0 Å². The van der Waals surface area contributed by atoms with E-state index >= 15 is 0 Å². The van der Waals surface area contributed by atoms with Crippen LogP contribution >= 0.6 is 0 Å². The highest BCUT2D eigenvalue weighted by Crippen LogP contribution is 2.34. The van der Waals surface area contributed by atoms with Crippen molar-refractivity contribution in [2.45, 2.75) is 6.92 Å². The van der Waals surface area contributed by atoms with Crippen molar-refractivity contribution in [2.75, 3.05) is 22.7 Å². The zero-order chi connectivity index (χ0) is 20.2. The Bertz CT molecular complexity index is 1050. The molecule has 0 spiro atoms. The van der Waals surface area contributed by atoms with Crippen LogP contribution in [0.1, 0.15) is 17.4 Å². The largest absolute Gasteiger partial charge is 0.454 e. The molecular weight excluding hydrogens is 374 g/mol. The summed E-state index contributed by atoms with van der Waals surface area (Å²) >= 11 is 0. The average Bonchev–Trinajstić information content (AvgIpc) is 3.17.